The van der Waals surface area contributed by atoms with Crippen LogP contribution in [0, 0.1) is 12.7 Å². The Balaban J connectivity index is 1.94. The molecule has 0 spiro atoms. The van der Waals surface area contributed by atoms with Gasteiger partial charge in [0.15, 0.2) is 0 Å². The first-order valence-corrected chi connectivity index (χ1v) is 4.62. The quantitative estimate of drug-likeness (QED) is 0.447. The van der Waals surface area contributed by atoms with Crippen LogP contribution in [-0.4, -0.2) is 9.13 Å². The van der Waals surface area contributed by atoms with Gasteiger partial charge in [-0.15, -0.1) is 0 Å². The van der Waals surface area contributed by atoms with E-state index >= 15 is 0 Å². The Morgan fingerprint density at radius 3 is 1.64 bits per heavy atom. The SMILES string of the molecule is C[n+]1[c-]n(CCn2[c-][n+](C)cc2)cc1. The average molecular weight is 190 g/mol. The molecule has 0 fully saturated rings. The molecule has 2 aromatic heterocycles. The summed E-state index contributed by atoms with van der Waals surface area (Å²) >= 11 is 0. The topological polar surface area (TPSA) is 17.6 Å². The van der Waals surface area contributed by atoms with Crippen LogP contribution >= 0.6 is 0 Å². The average Bonchev–Trinajstić information content (AvgIpc) is 2.72. The Bertz CT molecular complexity index is 373. The standard InChI is InChI=1S/C10H14N4/c1-11-3-5-13(9-11)7-8-14-6-4-12(2)10-14/h3-6H,7-8H2,1-2H3. The molecule has 0 aliphatic rings. The molecule has 74 valence electrons. The van der Waals surface area contributed by atoms with E-state index in [2.05, 4.69) is 12.7 Å². The second-order valence-electron chi connectivity index (χ2n) is 3.40. The van der Waals surface area contributed by atoms with Crippen LogP contribution in [0.1, 0.15) is 0 Å². The number of hydrogen-bond acceptors (Lipinski definition) is 0. The fraction of sp³-hybridized carbons (Fsp3) is 0.400. The van der Waals surface area contributed by atoms with Gasteiger partial charge in [0, 0.05) is 0 Å². The molecule has 0 aliphatic heterocycles. The van der Waals surface area contributed by atoms with E-state index in [0.717, 1.165) is 13.1 Å². The minimum absolute atomic E-state index is 0.923. The maximum atomic E-state index is 3.15. The summed E-state index contributed by atoms with van der Waals surface area (Å²) in [6, 6.07) is 0. The summed E-state index contributed by atoms with van der Waals surface area (Å²) in [5, 5.41) is 0. The van der Waals surface area contributed by atoms with Crippen molar-refractivity contribution in [3.8, 4) is 0 Å². The molecule has 4 heteroatoms. The van der Waals surface area contributed by atoms with Gasteiger partial charge in [0.1, 0.15) is 13.1 Å². The van der Waals surface area contributed by atoms with Gasteiger partial charge >= 0.3 is 0 Å². The molecule has 2 aromatic rings. The summed E-state index contributed by atoms with van der Waals surface area (Å²) in [6.07, 6.45) is 14.3. The van der Waals surface area contributed by atoms with Gasteiger partial charge in [-0.05, 0) is 24.8 Å². The van der Waals surface area contributed by atoms with Crippen molar-refractivity contribution < 1.29 is 9.13 Å². The normalized spacial score (nSPS) is 10.7. The molecular formula is C10H14N4. The summed E-state index contributed by atoms with van der Waals surface area (Å²) in [4.78, 5) is 0. The predicted octanol–water partition coefficient (Wildman–Crippen LogP) is -0.761. The zero-order chi connectivity index (χ0) is 9.97. The number of aromatic nitrogens is 4. The van der Waals surface area contributed by atoms with E-state index in [1.54, 1.807) is 0 Å². The third-order valence-electron chi connectivity index (χ3n) is 2.09. The van der Waals surface area contributed by atoms with E-state index in [1.165, 1.54) is 0 Å². The molecular weight excluding hydrogens is 176 g/mol. The van der Waals surface area contributed by atoms with Gasteiger partial charge in [-0.1, -0.05) is 0 Å². The van der Waals surface area contributed by atoms with Crippen LogP contribution in [-0.2, 0) is 27.2 Å². The first-order chi connectivity index (χ1) is 6.74. The lowest BCUT2D eigenvalue weighted by molar-refractivity contribution is -0.675. The van der Waals surface area contributed by atoms with E-state index in [0.29, 0.717) is 0 Å². The summed E-state index contributed by atoms with van der Waals surface area (Å²) in [5.74, 6) is 0. The summed E-state index contributed by atoms with van der Waals surface area (Å²) in [6.45, 7) is 1.85. The molecule has 4 nitrogen and oxygen atoms in total. The molecule has 0 aromatic carbocycles. The highest BCUT2D eigenvalue weighted by Crippen LogP contribution is 1.88. The van der Waals surface area contributed by atoms with E-state index in [4.69, 9.17) is 0 Å². The summed E-state index contributed by atoms with van der Waals surface area (Å²) < 4.78 is 7.90. The molecule has 0 bridgehead atoms. The fourth-order valence-electron chi connectivity index (χ4n) is 1.36. The van der Waals surface area contributed by atoms with Crippen molar-refractivity contribution in [3.63, 3.8) is 0 Å². The highest BCUT2D eigenvalue weighted by molar-refractivity contribution is 4.68. The van der Waals surface area contributed by atoms with E-state index in [-0.39, 0.29) is 0 Å². The highest BCUT2D eigenvalue weighted by Gasteiger charge is 1.95. The smallest absolute Gasteiger partial charge is 0.203 e. The lowest BCUT2D eigenvalue weighted by Crippen LogP contribution is -2.25. The van der Waals surface area contributed by atoms with Gasteiger partial charge in [0.05, 0.1) is 14.1 Å². The summed E-state index contributed by atoms with van der Waals surface area (Å²) in [7, 11) is 3.94. The number of imidazole rings is 2. The van der Waals surface area contributed by atoms with E-state index in [1.807, 2.05) is 57.2 Å². The maximum absolute atomic E-state index is 3.15. The van der Waals surface area contributed by atoms with Crippen molar-refractivity contribution in [2.24, 2.45) is 14.1 Å². The number of rotatable bonds is 3. The lowest BCUT2D eigenvalue weighted by atomic mass is 10.6. The van der Waals surface area contributed by atoms with Crippen LogP contribution in [0.15, 0.2) is 24.8 Å². The van der Waals surface area contributed by atoms with Gasteiger partial charge in [-0.2, -0.15) is 0 Å². The molecule has 0 radical (unpaired) electrons. The zero-order valence-electron chi connectivity index (χ0n) is 8.51. The summed E-state index contributed by atoms with van der Waals surface area (Å²) in [5.41, 5.74) is 0. The van der Waals surface area contributed by atoms with Crippen molar-refractivity contribution in [3.05, 3.63) is 37.4 Å². The Morgan fingerprint density at radius 2 is 1.36 bits per heavy atom. The number of nitrogens with zero attached hydrogens (tertiary/aromatic N) is 4. The molecule has 14 heavy (non-hydrogen) atoms. The molecule has 2 rings (SSSR count). The second kappa shape index (κ2) is 3.65. The number of aryl methyl sites for hydroxylation is 4. The Hall–Kier alpha value is -1.58. The van der Waals surface area contributed by atoms with Crippen LogP contribution in [0.4, 0.5) is 0 Å². The van der Waals surface area contributed by atoms with Crippen LogP contribution < -0.4 is 9.13 Å². The molecule has 0 amide bonds. The predicted molar refractivity (Wildman–Crippen MR) is 48.9 cm³/mol. The van der Waals surface area contributed by atoms with Crippen molar-refractivity contribution >= 4 is 0 Å². The second-order valence-corrected chi connectivity index (χ2v) is 3.40. The first-order valence-electron chi connectivity index (χ1n) is 4.62. The first kappa shape index (κ1) is 8.99. The van der Waals surface area contributed by atoms with E-state index < -0.39 is 0 Å². The van der Waals surface area contributed by atoms with Gasteiger partial charge in [0.2, 0.25) is 12.7 Å². The Morgan fingerprint density at radius 1 is 0.929 bits per heavy atom. The van der Waals surface area contributed by atoms with Crippen LogP contribution in [0.25, 0.3) is 0 Å². The Kier molecular flexibility index (Phi) is 2.35. The third kappa shape index (κ3) is 2.02. The molecule has 0 saturated heterocycles. The third-order valence-corrected chi connectivity index (χ3v) is 2.09. The van der Waals surface area contributed by atoms with Crippen LogP contribution in [0.5, 0.6) is 0 Å². The van der Waals surface area contributed by atoms with Gasteiger partial charge in [-0.3, -0.25) is 0 Å². The minimum atomic E-state index is 0.923. The molecule has 0 saturated carbocycles. The van der Waals surface area contributed by atoms with Crippen molar-refractivity contribution in [2.45, 2.75) is 13.1 Å². The van der Waals surface area contributed by atoms with Crippen molar-refractivity contribution in [2.75, 3.05) is 0 Å². The number of hydrogen-bond donors (Lipinski definition) is 0. The van der Waals surface area contributed by atoms with E-state index in [9.17, 15) is 0 Å². The van der Waals surface area contributed by atoms with Crippen molar-refractivity contribution in [1.29, 1.82) is 0 Å². The maximum Gasteiger partial charge on any atom is 0.203 e. The monoisotopic (exact) mass is 190 g/mol. The van der Waals surface area contributed by atoms with Crippen molar-refractivity contribution in [1.82, 2.24) is 9.13 Å². The molecule has 0 N–H and O–H groups in total. The molecule has 0 unspecified atom stereocenters. The minimum Gasteiger partial charge on any atom is -0.354 e. The largest absolute Gasteiger partial charge is 0.354 e. The molecule has 2 heterocycles. The fourth-order valence-corrected chi connectivity index (χ4v) is 1.36. The lowest BCUT2D eigenvalue weighted by Gasteiger charge is -2.00. The van der Waals surface area contributed by atoms with Gasteiger partial charge in [0.25, 0.3) is 0 Å². The Labute approximate surface area is 83.6 Å². The molecule has 0 aliphatic carbocycles. The molecule has 0 atom stereocenters. The van der Waals surface area contributed by atoms with Crippen LogP contribution in [0.3, 0.4) is 0 Å². The van der Waals surface area contributed by atoms with Gasteiger partial charge in [-0.25, -0.2) is 0 Å². The van der Waals surface area contributed by atoms with Gasteiger partial charge < -0.3 is 18.3 Å². The zero-order valence-corrected chi connectivity index (χ0v) is 8.51. The van der Waals surface area contributed by atoms with Crippen LogP contribution in [0.2, 0.25) is 0 Å². The highest BCUT2D eigenvalue weighted by atomic mass is 15.1.